The summed E-state index contributed by atoms with van der Waals surface area (Å²) in [5.74, 6) is 0.489. The molecule has 0 fully saturated rings. The first-order valence-electron chi connectivity index (χ1n) is 5.44. The molecule has 0 saturated carbocycles. The van der Waals surface area contributed by atoms with Crippen LogP contribution in [-0.4, -0.2) is 16.2 Å². The standard InChI is InChI=1S/C12H10Cl2N2O3/c13-8-1-2-10(9(14)7-8)19-6-5-16-4-3-11(17)15-12(16)18/h1-4,7H,5-6H2,(H,15,17,18). The number of nitrogens with zero attached hydrogens (tertiary/aromatic N) is 1. The average Bonchev–Trinajstić information content (AvgIpc) is 2.34. The third-order valence-electron chi connectivity index (χ3n) is 2.38. The molecule has 0 aliphatic heterocycles. The van der Waals surface area contributed by atoms with Crippen LogP contribution in [0, 0.1) is 0 Å². The summed E-state index contributed by atoms with van der Waals surface area (Å²) in [6.45, 7) is 0.544. The summed E-state index contributed by atoms with van der Waals surface area (Å²) in [5, 5.41) is 0.926. The number of rotatable bonds is 4. The summed E-state index contributed by atoms with van der Waals surface area (Å²) in [6.07, 6.45) is 1.41. The van der Waals surface area contributed by atoms with E-state index >= 15 is 0 Å². The van der Waals surface area contributed by atoms with Gasteiger partial charge in [-0.1, -0.05) is 23.2 Å². The van der Waals surface area contributed by atoms with Gasteiger partial charge in [-0.3, -0.25) is 14.3 Å². The lowest BCUT2D eigenvalue weighted by Gasteiger charge is -2.09. The highest BCUT2D eigenvalue weighted by molar-refractivity contribution is 6.35. The first kappa shape index (κ1) is 13.7. The van der Waals surface area contributed by atoms with Gasteiger partial charge >= 0.3 is 5.69 Å². The molecule has 0 spiro atoms. The molecule has 1 aromatic carbocycles. The molecule has 19 heavy (non-hydrogen) atoms. The zero-order chi connectivity index (χ0) is 13.8. The van der Waals surface area contributed by atoms with Crippen molar-refractivity contribution in [3.63, 3.8) is 0 Å². The molecule has 0 aliphatic rings. The smallest absolute Gasteiger partial charge is 0.328 e. The summed E-state index contributed by atoms with van der Waals surface area (Å²) in [6, 6.07) is 6.16. The minimum Gasteiger partial charge on any atom is -0.490 e. The second kappa shape index (κ2) is 5.95. The highest BCUT2D eigenvalue weighted by Crippen LogP contribution is 2.27. The average molecular weight is 301 g/mol. The maximum Gasteiger partial charge on any atom is 0.328 e. The molecule has 0 unspecified atom stereocenters. The number of aromatic nitrogens is 2. The van der Waals surface area contributed by atoms with Crippen LogP contribution < -0.4 is 16.0 Å². The van der Waals surface area contributed by atoms with Crippen LogP contribution in [0.1, 0.15) is 0 Å². The number of hydrogen-bond acceptors (Lipinski definition) is 3. The number of benzene rings is 1. The van der Waals surface area contributed by atoms with Gasteiger partial charge < -0.3 is 4.74 Å². The molecule has 1 aromatic heterocycles. The van der Waals surface area contributed by atoms with E-state index in [9.17, 15) is 9.59 Å². The third-order valence-corrected chi connectivity index (χ3v) is 2.91. The molecule has 1 N–H and O–H groups in total. The van der Waals surface area contributed by atoms with Gasteiger partial charge in [-0.25, -0.2) is 4.79 Å². The highest BCUT2D eigenvalue weighted by Gasteiger charge is 2.03. The normalized spacial score (nSPS) is 10.4. The lowest BCUT2D eigenvalue weighted by molar-refractivity contribution is 0.295. The van der Waals surface area contributed by atoms with Crippen molar-refractivity contribution in [3.05, 3.63) is 61.3 Å². The van der Waals surface area contributed by atoms with E-state index in [1.165, 1.54) is 16.8 Å². The van der Waals surface area contributed by atoms with Gasteiger partial charge in [0.2, 0.25) is 0 Å². The van der Waals surface area contributed by atoms with Gasteiger partial charge in [0.1, 0.15) is 12.4 Å². The largest absolute Gasteiger partial charge is 0.490 e. The van der Waals surface area contributed by atoms with Crippen LogP contribution in [0.4, 0.5) is 0 Å². The van der Waals surface area contributed by atoms with Crippen molar-refractivity contribution in [2.75, 3.05) is 6.61 Å². The maximum atomic E-state index is 11.4. The predicted molar refractivity (Wildman–Crippen MR) is 73.3 cm³/mol. The molecule has 7 heteroatoms. The van der Waals surface area contributed by atoms with Crippen molar-refractivity contribution in [3.8, 4) is 5.75 Å². The van der Waals surface area contributed by atoms with Crippen molar-refractivity contribution in [1.82, 2.24) is 9.55 Å². The van der Waals surface area contributed by atoms with E-state index in [1.54, 1.807) is 18.2 Å². The first-order valence-corrected chi connectivity index (χ1v) is 6.19. The van der Waals surface area contributed by atoms with Crippen molar-refractivity contribution in [1.29, 1.82) is 0 Å². The summed E-state index contributed by atoms with van der Waals surface area (Å²) in [7, 11) is 0. The van der Waals surface area contributed by atoms with Gasteiger partial charge in [0, 0.05) is 17.3 Å². The molecule has 0 amide bonds. The number of H-pyrrole nitrogens is 1. The molecule has 0 atom stereocenters. The molecular formula is C12H10Cl2N2O3. The van der Waals surface area contributed by atoms with Gasteiger partial charge in [0.05, 0.1) is 11.6 Å². The molecule has 1 heterocycles. The van der Waals surface area contributed by atoms with Crippen molar-refractivity contribution >= 4 is 23.2 Å². The lowest BCUT2D eigenvalue weighted by Crippen LogP contribution is -2.30. The fraction of sp³-hybridized carbons (Fsp3) is 0.167. The van der Waals surface area contributed by atoms with E-state index < -0.39 is 11.2 Å². The van der Waals surface area contributed by atoms with Gasteiger partial charge in [0.15, 0.2) is 0 Å². The Hall–Kier alpha value is -1.72. The van der Waals surface area contributed by atoms with Gasteiger partial charge in [-0.2, -0.15) is 0 Å². The predicted octanol–water partition coefficient (Wildman–Crippen LogP) is 1.92. The Balaban J connectivity index is 2.00. The minimum absolute atomic E-state index is 0.243. The third kappa shape index (κ3) is 3.62. The fourth-order valence-electron chi connectivity index (χ4n) is 1.47. The van der Waals surface area contributed by atoms with E-state index in [1.807, 2.05) is 0 Å². The van der Waals surface area contributed by atoms with Crippen LogP contribution in [0.25, 0.3) is 0 Å². The molecule has 0 saturated heterocycles. The van der Waals surface area contributed by atoms with Crippen molar-refractivity contribution in [2.45, 2.75) is 6.54 Å². The Bertz CT molecular complexity index is 694. The molecule has 0 bridgehead atoms. The Morgan fingerprint density at radius 2 is 2.00 bits per heavy atom. The number of nitrogens with one attached hydrogen (secondary N) is 1. The summed E-state index contributed by atoms with van der Waals surface area (Å²) >= 11 is 11.7. The van der Waals surface area contributed by atoms with E-state index in [2.05, 4.69) is 4.98 Å². The Morgan fingerprint density at radius 1 is 1.21 bits per heavy atom. The zero-order valence-corrected chi connectivity index (χ0v) is 11.2. The molecule has 0 aliphatic carbocycles. The maximum absolute atomic E-state index is 11.4. The Kier molecular flexibility index (Phi) is 4.29. The fourth-order valence-corrected chi connectivity index (χ4v) is 1.93. The Labute approximate surface area is 118 Å². The summed E-state index contributed by atoms with van der Waals surface area (Å²) < 4.78 is 6.78. The quantitative estimate of drug-likeness (QED) is 0.938. The van der Waals surface area contributed by atoms with E-state index in [0.717, 1.165) is 0 Å². The number of halogens is 2. The lowest BCUT2D eigenvalue weighted by atomic mass is 10.3. The molecule has 0 radical (unpaired) electrons. The van der Waals surface area contributed by atoms with E-state index in [4.69, 9.17) is 27.9 Å². The molecular weight excluding hydrogens is 291 g/mol. The number of ether oxygens (including phenoxy) is 1. The summed E-state index contributed by atoms with van der Waals surface area (Å²) in [4.78, 5) is 24.4. The zero-order valence-electron chi connectivity index (χ0n) is 9.73. The second-order valence-electron chi connectivity index (χ2n) is 3.73. The Morgan fingerprint density at radius 3 is 2.68 bits per heavy atom. The minimum atomic E-state index is -0.474. The van der Waals surface area contributed by atoms with Crippen LogP contribution in [-0.2, 0) is 6.54 Å². The molecule has 100 valence electrons. The van der Waals surface area contributed by atoms with Crippen LogP contribution >= 0.6 is 23.2 Å². The van der Waals surface area contributed by atoms with Gasteiger partial charge in [-0.15, -0.1) is 0 Å². The van der Waals surface area contributed by atoms with Crippen LogP contribution in [0.2, 0.25) is 10.0 Å². The van der Waals surface area contributed by atoms with Crippen molar-refractivity contribution in [2.24, 2.45) is 0 Å². The van der Waals surface area contributed by atoms with Crippen molar-refractivity contribution < 1.29 is 4.74 Å². The van der Waals surface area contributed by atoms with Crippen LogP contribution in [0.3, 0.4) is 0 Å². The topological polar surface area (TPSA) is 64.1 Å². The number of hydrogen-bond donors (Lipinski definition) is 1. The number of aromatic amines is 1. The van der Waals surface area contributed by atoms with Gasteiger partial charge in [0.25, 0.3) is 5.56 Å². The first-order chi connectivity index (χ1) is 9.06. The molecule has 5 nitrogen and oxygen atoms in total. The second-order valence-corrected chi connectivity index (χ2v) is 4.57. The monoisotopic (exact) mass is 300 g/mol. The molecule has 2 rings (SSSR count). The van der Waals surface area contributed by atoms with Crippen LogP contribution in [0.15, 0.2) is 40.1 Å². The van der Waals surface area contributed by atoms with E-state index in [-0.39, 0.29) is 6.61 Å². The van der Waals surface area contributed by atoms with Gasteiger partial charge in [-0.05, 0) is 18.2 Å². The highest BCUT2D eigenvalue weighted by atomic mass is 35.5. The van der Waals surface area contributed by atoms with Crippen LogP contribution in [0.5, 0.6) is 5.75 Å². The van der Waals surface area contributed by atoms with E-state index in [0.29, 0.717) is 22.3 Å². The molecule has 2 aromatic rings. The SMILES string of the molecule is O=c1ccn(CCOc2ccc(Cl)cc2Cl)c(=O)[nH]1. The summed E-state index contributed by atoms with van der Waals surface area (Å²) in [5.41, 5.74) is -0.902.